The van der Waals surface area contributed by atoms with E-state index in [1.54, 1.807) is 0 Å². The molecule has 0 heterocycles. The minimum Gasteiger partial charge on any atom is -0.545 e. The molecule has 0 aliphatic carbocycles. The molecular formula is C12H15N2O4-. The number of nitro benzene ring substituents is 1. The molecule has 0 saturated heterocycles. The van der Waals surface area contributed by atoms with Crippen LogP contribution >= 0.6 is 0 Å². The molecule has 1 rings (SSSR count). The summed E-state index contributed by atoms with van der Waals surface area (Å²) >= 11 is 0. The first-order chi connectivity index (χ1) is 8.41. The van der Waals surface area contributed by atoms with Crippen LogP contribution in [0.5, 0.6) is 0 Å². The van der Waals surface area contributed by atoms with E-state index < -0.39 is 10.9 Å². The van der Waals surface area contributed by atoms with Crippen LogP contribution in [0.3, 0.4) is 0 Å². The summed E-state index contributed by atoms with van der Waals surface area (Å²) in [6.07, 6.45) is 0.874. The van der Waals surface area contributed by atoms with Crippen molar-refractivity contribution in [2.45, 2.75) is 20.3 Å². The van der Waals surface area contributed by atoms with Crippen molar-refractivity contribution in [1.29, 1.82) is 0 Å². The molecule has 0 saturated carbocycles. The van der Waals surface area contributed by atoms with Crippen molar-refractivity contribution >= 4 is 17.3 Å². The van der Waals surface area contributed by atoms with Crippen molar-refractivity contribution in [2.75, 3.05) is 11.9 Å². The van der Waals surface area contributed by atoms with E-state index in [4.69, 9.17) is 0 Å². The Morgan fingerprint density at radius 1 is 1.44 bits per heavy atom. The number of carboxylic acid groups (broad SMARTS) is 1. The first-order valence-electron chi connectivity index (χ1n) is 5.65. The highest BCUT2D eigenvalue weighted by Gasteiger charge is 2.14. The number of benzene rings is 1. The summed E-state index contributed by atoms with van der Waals surface area (Å²) < 4.78 is 0. The molecule has 0 aliphatic rings. The molecule has 1 aromatic rings. The Hall–Kier alpha value is -2.11. The summed E-state index contributed by atoms with van der Waals surface area (Å²) in [7, 11) is 0. The van der Waals surface area contributed by atoms with Crippen molar-refractivity contribution < 1.29 is 14.8 Å². The van der Waals surface area contributed by atoms with Gasteiger partial charge < -0.3 is 15.2 Å². The second kappa shape index (κ2) is 6.00. The Balaban J connectivity index is 2.90. The smallest absolute Gasteiger partial charge is 0.292 e. The SMILES string of the molecule is CC(C)CCNc1ccc(C(=O)[O-])cc1[N+](=O)[O-]. The van der Waals surface area contributed by atoms with Crippen LogP contribution in [0, 0.1) is 16.0 Å². The summed E-state index contributed by atoms with van der Waals surface area (Å²) in [5, 5.41) is 24.4. The van der Waals surface area contributed by atoms with Gasteiger partial charge in [0.2, 0.25) is 0 Å². The van der Waals surface area contributed by atoms with E-state index in [1.807, 2.05) is 0 Å². The highest BCUT2D eigenvalue weighted by atomic mass is 16.6. The average molecular weight is 251 g/mol. The lowest BCUT2D eigenvalue weighted by molar-refractivity contribution is -0.384. The number of nitrogens with zero attached hydrogens (tertiary/aromatic N) is 1. The number of nitro groups is 1. The second-order valence-corrected chi connectivity index (χ2v) is 4.39. The normalized spacial score (nSPS) is 10.4. The number of carboxylic acids is 1. The van der Waals surface area contributed by atoms with Gasteiger partial charge in [-0.2, -0.15) is 0 Å². The maximum Gasteiger partial charge on any atom is 0.292 e. The van der Waals surface area contributed by atoms with Crippen molar-refractivity contribution in [3.8, 4) is 0 Å². The summed E-state index contributed by atoms with van der Waals surface area (Å²) in [6, 6.07) is 3.69. The molecule has 1 aromatic carbocycles. The zero-order valence-corrected chi connectivity index (χ0v) is 10.3. The molecule has 0 amide bonds. The number of nitrogens with one attached hydrogen (secondary N) is 1. The highest BCUT2D eigenvalue weighted by molar-refractivity contribution is 5.88. The van der Waals surface area contributed by atoms with Gasteiger partial charge in [-0.25, -0.2) is 0 Å². The zero-order chi connectivity index (χ0) is 13.7. The molecule has 0 unspecified atom stereocenters. The van der Waals surface area contributed by atoms with Gasteiger partial charge in [0.15, 0.2) is 0 Å². The molecule has 0 atom stereocenters. The van der Waals surface area contributed by atoms with Gasteiger partial charge in [-0.05, 0) is 18.4 Å². The molecule has 1 N–H and O–H groups in total. The van der Waals surface area contributed by atoms with E-state index in [2.05, 4.69) is 19.2 Å². The van der Waals surface area contributed by atoms with Crippen LogP contribution in [0.25, 0.3) is 0 Å². The first-order valence-corrected chi connectivity index (χ1v) is 5.65. The Morgan fingerprint density at radius 3 is 2.61 bits per heavy atom. The van der Waals surface area contributed by atoms with Gasteiger partial charge in [-0.3, -0.25) is 10.1 Å². The minimum absolute atomic E-state index is 0.198. The van der Waals surface area contributed by atoms with Gasteiger partial charge in [0.25, 0.3) is 5.69 Å². The summed E-state index contributed by atoms with van der Waals surface area (Å²) in [6.45, 7) is 4.70. The molecule has 0 aromatic heterocycles. The predicted molar refractivity (Wildman–Crippen MR) is 65.4 cm³/mol. The third kappa shape index (κ3) is 3.73. The maximum absolute atomic E-state index is 10.8. The van der Waals surface area contributed by atoms with Crippen molar-refractivity contribution in [3.05, 3.63) is 33.9 Å². The maximum atomic E-state index is 10.8. The molecular weight excluding hydrogens is 236 g/mol. The number of aromatic carboxylic acids is 1. The zero-order valence-electron chi connectivity index (χ0n) is 10.3. The van der Waals surface area contributed by atoms with Gasteiger partial charge in [-0.15, -0.1) is 0 Å². The summed E-state index contributed by atoms with van der Waals surface area (Å²) in [5.74, 6) is -0.939. The summed E-state index contributed by atoms with van der Waals surface area (Å²) in [4.78, 5) is 20.9. The fraction of sp³-hybridized carbons (Fsp3) is 0.417. The van der Waals surface area contributed by atoms with E-state index >= 15 is 0 Å². The van der Waals surface area contributed by atoms with Gasteiger partial charge in [0, 0.05) is 18.2 Å². The lowest BCUT2D eigenvalue weighted by Gasteiger charge is -2.10. The van der Waals surface area contributed by atoms with Crippen LogP contribution in [0.1, 0.15) is 30.6 Å². The predicted octanol–water partition coefficient (Wildman–Crippen LogP) is 1.42. The topological polar surface area (TPSA) is 95.3 Å². The van der Waals surface area contributed by atoms with E-state index in [0.29, 0.717) is 18.2 Å². The number of carbonyl (C=O) groups is 1. The number of hydrogen-bond donors (Lipinski definition) is 1. The lowest BCUT2D eigenvalue weighted by Crippen LogP contribution is -2.22. The van der Waals surface area contributed by atoms with Crippen LogP contribution in [0.2, 0.25) is 0 Å². The largest absolute Gasteiger partial charge is 0.545 e. The molecule has 18 heavy (non-hydrogen) atoms. The molecule has 0 radical (unpaired) electrons. The minimum atomic E-state index is -1.42. The average Bonchev–Trinajstić information content (AvgIpc) is 2.28. The van der Waals surface area contributed by atoms with Gasteiger partial charge in [0.05, 0.1) is 10.9 Å². The molecule has 0 spiro atoms. The Kier molecular flexibility index (Phi) is 4.65. The van der Waals surface area contributed by atoms with Gasteiger partial charge >= 0.3 is 0 Å². The van der Waals surface area contributed by atoms with E-state index in [-0.39, 0.29) is 11.3 Å². The Bertz CT molecular complexity index is 457. The highest BCUT2D eigenvalue weighted by Crippen LogP contribution is 2.25. The lowest BCUT2D eigenvalue weighted by atomic mass is 10.1. The molecule has 0 bridgehead atoms. The van der Waals surface area contributed by atoms with Crippen LogP contribution in [0.15, 0.2) is 18.2 Å². The monoisotopic (exact) mass is 251 g/mol. The third-order valence-corrected chi connectivity index (χ3v) is 2.47. The van der Waals surface area contributed by atoms with Crippen LogP contribution in [0.4, 0.5) is 11.4 Å². The van der Waals surface area contributed by atoms with E-state index in [0.717, 1.165) is 12.5 Å². The molecule has 6 nitrogen and oxygen atoms in total. The molecule has 6 heteroatoms. The van der Waals surface area contributed by atoms with Crippen molar-refractivity contribution in [1.82, 2.24) is 0 Å². The standard InChI is InChI=1S/C12H16N2O4/c1-8(2)5-6-13-10-4-3-9(12(15)16)7-11(10)14(17)18/h3-4,7-8,13H,5-6H2,1-2H3,(H,15,16)/p-1. The fourth-order valence-corrected chi connectivity index (χ4v) is 1.45. The summed E-state index contributed by atoms with van der Waals surface area (Å²) in [5.41, 5.74) is -0.123. The van der Waals surface area contributed by atoms with Crippen LogP contribution in [-0.2, 0) is 0 Å². The number of hydrogen-bond acceptors (Lipinski definition) is 5. The van der Waals surface area contributed by atoms with Gasteiger partial charge in [0.1, 0.15) is 5.69 Å². The fourth-order valence-electron chi connectivity index (χ4n) is 1.45. The molecule has 98 valence electrons. The van der Waals surface area contributed by atoms with E-state index in [9.17, 15) is 20.0 Å². The molecule has 0 aliphatic heterocycles. The Morgan fingerprint density at radius 2 is 2.11 bits per heavy atom. The number of anilines is 1. The number of rotatable bonds is 6. The first kappa shape index (κ1) is 14.0. The van der Waals surface area contributed by atoms with Crippen LogP contribution in [-0.4, -0.2) is 17.4 Å². The molecule has 0 fully saturated rings. The van der Waals surface area contributed by atoms with Crippen molar-refractivity contribution in [3.63, 3.8) is 0 Å². The Labute approximate surface area is 105 Å². The second-order valence-electron chi connectivity index (χ2n) is 4.39. The number of carbonyl (C=O) groups excluding carboxylic acids is 1. The third-order valence-electron chi connectivity index (χ3n) is 2.47. The van der Waals surface area contributed by atoms with Gasteiger partial charge in [-0.1, -0.05) is 19.9 Å². The quantitative estimate of drug-likeness (QED) is 0.609. The van der Waals surface area contributed by atoms with E-state index in [1.165, 1.54) is 12.1 Å². The van der Waals surface area contributed by atoms with Crippen LogP contribution < -0.4 is 10.4 Å². The van der Waals surface area contributed by atoms with Crippen molar-refractivity contribution in [2.24, 2.45) is 5.92 Å².